The maximum atomic E-state index is 5.83. The Morgan fingerprint density at radius 1 is 0.364 bits per heavy atom. The van der Waals surface area contributed by atoms with Crippen molar-refractivity contribution in [1.82, 2.24) is 0 Å². The molecule has 0 radical (unpaired) electrons. The highest BCUT2D eigenvalue weighted by molar-refractivity contribution is 5.43. The van der Waals surface area contributed by atoms with E-state index in [1.807, 2.05) is 24.3 Å². The smallest absolute Gasteiger partial charge is 0.0314 e. The van der Waals surface area contributed by atoms with Crippen LogP contribution in [0.4, 0.5) is 11.4 Å². The third-order valence-electron chi connectivity index (χ3n) is 9.24. The van der Waals surface area contributed by atoms with Crippen molar-refractivity contribution in [3.63, 3.8) is 0 Å². The number of anilines is 2. The van der Waals surface area contributed by atoms with Crippen molar-refractivity contribution in [1.29, 1.82) is 0 Å². The number of nitrogen functional groups attached to an aromatic ring is 2. The molecule has 4 aromatic carbocycles. The average molecular weight is 589 g/mol. The van der Waals surface area contributed by atoms with Crippen LogP contribution in [0.5, 0.6) is 0 Å². The summed E-state index contributed by atoms with van der Waals surface area (Å²) in [4.78, 5) is 0. The monoisotopic (exact) mass is 588 g/mol. The minimum atomic E-state index is 0.832. The van der Waals surface area contributed by atoms with E-state index in [-0.39, 0.29) is 0 Å². The van der Waals surface area contributed by atoms with E-state index in [1.165, 1.54) is 134 Å². The fourth-order valence-corrected chi connectivity index (χ4v) is 6.36. The molecule has 0 bridgehead atoms. The third kappa shape index (κ3) is 11.9. The second kappa shape index (κ2) is 18.3. The Kier molecular flexibility index (Phi) is 13.9. The first-order valence-electron chi connectivity index (χ1n) is 17.3. The molecule has 0 aliphatic heterocycles. The van der Waals surface area contributed by atoms with Crippen LogP contribution in [-0.4, -0.2) is 0 Å². The number of hydrogen-bond donors (Lipinski definition) is 2. The number of hydrogen-bond acceptors (Lipinski definition) is 2. The Bertz CT molecular complexity index is 1280. The van der Waals surface area contributed by atoms with Crippen LogP contribution in [0, 0.1) is 13.8 Å². The molecule has 4 N–H and O–H groups in total. The Balaban J connectivity index is 0.962. The molecule has 0 aliphatic carbocycles. The number of unbranched alkanes of at least 4 members (excludes halogenated alkanes) is 11. The van der Waals surface area contributed by atoms with E-state index in [4.69, 9.17) is 11.5 Å². The first-order chi connectivity index (χ1) is 21.5. The minimum Gasteiger partial charge on any atom is -0.399 e. The fourth-order valence-electron chi connectivity index (χ4n) is 6.36. The SMILES string of the molecule is Cc1cc(CCCCCCCCCCCCCCc2ccc(Cc3ccc(N)cc3)c(C)c2)ccc1Cc1ccc(N)cc1. The maximum absolute atomic E-state index is 5.83. The van der Waals surface area contributed by atoms with E-state index in [0.29, 0.717) is 0 Å². The Labute approximate surface area is 268 Å². The predicted octanol–water partition coefficient (Wildman–Crippen LogP) is 11.1. The zero-order valence-electron chi connectivity index (χ0n) is 27.6. The lowest BCUT2D eigenvalue weighted by Crippen LogP contribution is -1.95. The molecule has 0 saturated heterocycles. The van der Waals surface area contributed by atoms with Gasteiger partial charge in [-0.25, -0.2) is 0 Å². The quantitative estimate of drug-likeness (QED) is 0.0845. The molecular formula is C42H56N2. The van der Waals surface area contributed by atoms with Gasteiger partial charge in [-0.2, -0.15) is 0 Å². The summed E-state index contributed by atoms with van der Waals surface area (Å²) in [5.41, 5.74) is 24.6. The number of aryl methyl sites for hydroxylation is 4. The first-order valence-corrected chi connectivity index (χ1v) is 17.3. The molecule has 0 fully saturated rings. The van der Waals surface area contributed by atoms with Crippen molar-refractivity contribution < 1.29 is 0 Å². The van der Waals surface area contributed by atoms with Crippen LogP contribution in [0.15, 0.2) is 84.9 Å². The van der Waals surface area contributed by atoms with E-state index in [2.05, 4.69) is 74.5 Å². The lowest BCUT2D eigenvalue weighted by atomic mass is 9.96. The van der Waals surface area contributed by atoms with Crippen molar-refractivity contribution >= 4 is 11.4 Å². The lowest BCUT2D eigenvalue weighted by molar-refractivity contribution is 0.540. The Morgan fingerprint density at radius 3 is 0.977 bits per heavy atom. The minimum absolute atomic E-state index is 0.832. The Morgan fingerprint density at radius 2 is 0.659 bits per heavy atom. The number of nitrogens with two attached hydrogens (primary N) is 2. The van der Waals surface area contributed by atoms with Crippen LogP contribution in [0.1, 0.15) is 122 Å². The summed E-state index contributed by atoms with van der Waals surface area (Å²) in [5, 5.41) is 0. The average Bonchev–Trinajstić information content (AvgIpc) is 3.02. The highest BCUT2D eigenvalue weighted by atomic mass is 14.5. The molecule has 44 heavy (non-hydrogen) atoms. The summed E-state index contributed by atoms with van der Waals surface area (Å²) in [7, 11) is 0. The summed E-state index contributed by atoms with van der Waals surface area (Å²) in [6.07, 6.45) is 20.9. The van der Waals surface area contributed by atoms with E-state index >= 15 is 0 Å². The second-order valence-electron chi connectivity index (χ2n) is 13.1. The van der Waals surface area contributed by atoms with Gasteiger partial charge < -0.3 is 11.5 Å². The molecule has 0 spiro atoms. The van der Waals surface area contributed by atoms with E-state index in [1.54, 1.807) is 0 Å². The van der Waals surface area contributed by atoms with Crippen molar-refractivity contribution in [2.75, 3.05) is 11.5 Å². The van der Waals surface area contributed by atoms with Gasteiger partial charge in [0.2, 0.25) is 0 Å². The molecule has 0 aromatic heterocycles. The van der Waals surface area contributed by atoms with Gasteiger partial charge in [-0.3, -0.25) is 0 Å². The van der Waals surface area contributed by atoms with E-state index in [0.717, 1.165) is 24.2 Å². The predicted molar refractivity (Wildman–Crippen MR) is 192 cm³/mol. The zero-order chi connectivity index (χ0) is 31.0. The second-order valence-corrected chi connectivity index (χ2v) is 13.1. The molecule has 0 heterocycles. The molecule has 0 atom stereocenters. The number of benzene rings is 4. The van der Waals surface area contributed by atoms with Crippen LogP contribution >= 0.6 is 0 Å². The van der Waals surface area contributed by atoms with Crippen molar-refractivity contribution in [3.05, 3.63) is 129 Å². The molecule has 0 saturated carbocycles. The molecule has 0 aliphatic rings. The van der Waals surface area contributed by atoms with Crippen LogP contribution in [0.2, 0.25) is 0 Å². The largest absolute Gasteiger partial charge is 0.399 e. The summed E-state index contributed by atoms with van der Waals surface area (Å²) < 4.78 is 0. The van der Waals surface area contributed by atoms with E-state index < -0.39 is 0 Å². The summed E-state index contributed by atoms with van der Waals surface area (Å²) >= 11 is 0. The van der Waals surface area contributed by atoms with Gasteiger partial charge >= 0.3 is 0 Å². The van der Waals surface area contributed by atoms with Gasteiger partial charge in [0, 0.05) is 11.4 Å². The third-order valence-corrected chi connectivity index (χ3v) is 9.24. The summed E-state index contributed by atoms with van der Waals surface area (Å²) in [6, 6.07) is 30.6. The molecule has 2 heteroatoms. The maximum Gasteiger partial charge on any atom is 0.0314 e. The molecule has 4 rings (SSSR count). The molecule has 234 valence electrons. The van der Waals surface area contributed by atoms with Gasteiger partial charge in [0.05, 0.1) is 0 Å². The van der Waals surface area contributed by atoms with Crippen LogP contribution in [0.25, 0.3) is 0 Å². The van der Waals surface area contributed by atoms with Crippen molar-refractivity contribution in [2.45, 2.75) is 117 Å². The number of rotatable bonds is 19. The van der Waals surface area contributed by atoms with Crippen LogP contribution in [0.3, 0.4) is 0 Å². The molecular weight excluding hydrogens is 532 g/mol. The van der Waals surface area contributed by atoms with Gasteiger partial charge in [0.15, 0.2) is 0 Å². The van der Waals surface area contributed by atoms with Gasteiger partial charge in [0.1, 0.15) is 0 Å². The molecule has 0 unspecified atom stereocenters. The molecule has 0 amide bonds. The normalized spacial score (nSPS) is 11.2. The van der Waals surface area contributed by atoms with E-state index in [9.17, 15) is 0 Å². The first kappa shape index (κ1) is 33.4. The molecule has 2 nitrogen and oxygen atoms in total. The molecule has 4 aromatic rings. The highest BCUT2D eigenvalue weighted by Gasteiger charge is 2.05. The summed E-state index contributed by atoms with van der Waals surface area (Å²) in [5.74, 6) is 0. The van der Waals surface area contributed by atoms with Crippen molar-refractivity contribution in [2.24, 2.45) is 0 Å². The van der Waals surface area contributed by atoms with Crippen molar-refractivity contribution in [3.8, 4) is 0 Å². The van der Waals surface area contributed by atoms with Gasteiger partial charge in [-0.15, -0.1) is 0 Å². The van der Waals surface area contributed by atoms with Crippen LogP contribution < -0.4 is 11.5 Å². The zero-order valence-corrected chi connectivity index (χ0v) is 27.6. The Hall–Kier alpha value is -3.52. The van der Waals surface area contributed by atoms with Crippen LogP contribution in [-0.2, 0) is 25.7 Å². The highest BCUT2D eigenvalue weighted by Crippen LogP contribution is 2.21. The topological polar surface area (TPSA) is 52.0 Å². The van der Waals surface area contributed by atoms with Gasteiger partial charge in [-0.1, -0.05) is 125 Å². The van der Waals surface area contributed by atoms with Gasteiger partial charge in [-0.05, 0) is 121 Å². The van der Waals surface area contributed by atoms with Gasteiger partial charge in [0.25, 0.3) is 0 Å². The fraction of sp³-hybridized carbons (Fsp3) is 0.429. The lowest BCUT2D eigenvalue weighted by Gasteiger charge is -2.10. The standard InChI is InChI=1S/C42H56N2/c1-33-29-35(17-23-39(33)31-37-19-25-41(43)26-20-37)15-13-11-9-7-5-3-4-6-8-10-12-14-16-36-18-24-40(34(2)30-36)32-38-21-27-42(44)28-22-38/h17-30H,3-16,31-32,43-44H2,1-2H3. The summed E-state index contributed by atoms with van der Waals surface area (Å²) in [6.45, 7) is 4.50.